The second kappa shape index (κ2) is 5.88. The zero-order valence-electron chi connectivity index (χ0n) is 9.19. The van der Waals surface area contributed by atoms with Crippen LogP contribution >= 0.6 is 0 Å². The van der Waals surface area contributed by atoms with E-state index < -0.39 is 0 Å². The first kappa shape index (κ1) is 12.2. The number of carbonyl (C=O) groups excluding carboxylic acids is 1. The van der Waals surface area contributed by atoms with E-state index in [1.54, 1.807) is 11.0 Å². The zero-order chi connectivity index (χ0) is 11.3. The highest BCUT2D eigenvalue weighted by atomic mass is 16.5. The van der Waals surface area contributed by atoms with E-state index in [1.807, 2.05) is 6.92 Å². The molecule has 0 spiro atoms. The van der Waals surface area contributed by atoms with Gasteiger partial charge in [0.05, 0.1) is 18.6 Å². The molecule has 86 valence electrons. The average molecular weight is 213 g/mol. The standard InChI is InChI=1S/C11H19NO3/c1-3-5-12(6-7-13)11(14)10-4-8-15-9(10)2/h3,9-10,13H,1,4-8H2,2H3. The van der Waals surface area contributed by atoms with Crippen LogP contribution in [0.3, 0.4) is 0 Å². The highest BCUT2D eigenvalue weighted by Crippen LogP contribution is 2.22. The Hall–Kier alpha value is -0.870. The van der Waals surface area contributed by atoms with Gasteiger partial charge in [-0.1, -0.05) is 6.08 Å². The third-order valence-electron chi connectivity index (χ3n) is 2.72. The summed E-state index contributed by atoms with van der Waals surface area (Å²) in [5.41, 5.74) is 0. The van der Waals surface area contributed by atoms with E-state index in [9.17, 15) is 4.79 Å². The molecule has 1 fully saturated rings. The molecular formula is C11H19NO3. The molecular weight excluding hydrogens is 194 g/mol. The fraction of sp³-hybridized carbons (Fsp3) is 0.727. The maximum atomic E-state index is 12.0. The van der Waals surface area contributed by atoms with Gasteiger partial charge in [-0.3, -0.25) is 4.79 Å². The average Bonchev–Trinajstić information content (AvgIpc) is 2.63. The monoisotopic (exact) mass is 213 g/mol. The summed E-state index contributed by atoms with van der Waals surface area (Å²) in [5.74, 6) is 0.00505. The Labute approximate surface area is 90.5 Å². The van der Waals surface area contributed by atoms with Crippen LogP contribution < -0.4 is 0 Å². The third-order valence-corrected chi connectivity index (χ3v) is 2.72. The van der Waals surface area contributed by atoms with E-state index in [0.717, 1.165) is 6.42 Å². The molecule has 2 unspecified atom stereocenters. The highest BCUT2D eigenvalue weighted by Gasteiger charge is 2.33. The zero-order valence-corrected chi connectivity index (χ0v) is 9.19. The van der Waals surface area contributed by atoms with E-state index in [1.165, 1.54) is 0 Å². The van der Waals surface area contributed by atoms with Crippen molar-refractivity contribution in [3.63, 3.8) is 0 Å². The number of carbonyl (C=O) groups is 1. The molecule has 2 atom stereocenters. The molecule has 0 saturated carbocycles. The lowest BCUT2D eigenvalue weighted by molar-refractivity contribution is -0.136. The molecule has 1 heterocycles. The van der Waals surface area contributed by atoms with Crippen LogP contribution in [-0.4, -0.2) is 48.3 Å². The lowest BCUT2D eigenvalue weighted by atomic mass is 10.0. The SMILES string of the molecule is C=CCN(CCO)C(=O)C1CCOC1C. The Bertz CT molecular complexity index is 230. The van der Waals surface area contributed by atoms with Crippen LogP contribution in [0.5, 0.6) is 0 Å². The number of nitrogens with zero attached hydrogens (tertiary/aromatic N) is 1. The van der Waals surface area contributed by atoms with Gasteiger partial charge in [-0.25, -0.2) is 0 Å². The van der Waals surface area contributed by atoms with Crippen LogP contribution in [0.15, 0.2) is 12.7 Å². The predicted molar refractivity (Wildman–Crippen MR) is 57.4 cm³/mol. The molecule has 0 radical (unpaired) electrons. The second-order valence-corrected chi connectivity index (χ2v) is 3.77. The summed E-state index contributed by atoms with van der Waals surface area (Å²) in [6.07, 6.45) is 2.44. The van der Waals surface area contributed by atoms with Crippen molar-refractivity contribution in [2.45, 2.75) is 19.4 Å². The van der Waals surface area contributed by atoms with Gasteiger partial charge >= 0.3 is 0 Å². The minimum absolute atomic E-state index is 0.0106. The van der Waals surface area contributed by atoms with Gasteiger partial charge in [-0.2, -0.15) is 0 Å². The van der Waals surface area contributed by atoms with Gasteiger partial charge in [0.1, 0.15) is 0 Å². The molecule has 1 aliphatic heterocycles. The fourth-order valence-electron chi connectivity index (χ4n) is 1.86. The number of ether oxygens (including phenoxy) is 1. The first-order chi connectivity index (χ1) is 7.20. The predicted octanol–water partition coefficient (Wildman–Crippen LogP) is 0.418. The van der Waals surface area contributed by atoms with Crippen molar-refractivity contribution < 1.29 is 14.6 Å². The Morgan fingerprint density at radius 2 is 2.47 bits per heavy atom. The fourth-order valence-corrected chi connectivity index (χ4v) is 1.86. The molecule has 1 N–H and O–H groups in total. The minimum Gasteiger partial charge on any atom is -0.395 e. The molecule has 1 rings (SSSR count). The van der Waals surface area contributed by atoms with Gasteiger partial charge in [0.15, 0.2) is 0 Å². The van der Waals surface area contributed by atoms with Gasteiger partial charge in [-0.05, 0) is 13.3 Å². The van der Waals surface area contributed by atoms with E-state index in [-0.39, 0.29) is 24.5 Å². The van der Waals surface area contributed by atoms with Crippen molar-refractivity contribution in [2.24, 2.45) is 5.92 Å². The van der Waals surface area contributed by atoms with Gasteiger partial charge in [0.2, 0.25) is 5.91 Å². The first-order valence-corrected chi connectivity index (χ1v) is 5.32. The topological polar surface area (TPSA) is 49.8 Å². The molecule has 0 aromatic carbocycles. The van der Waals surface area contributed by atoms with Gasteiger partial charge < -0.3 is 14.7 Å². The van der Waals surface area contributed by atoms with Crippen molar-refractivity contribution in [3.05, 3.63) is 12.7 Å². The number of hydrogen-bond acceptors (Lipinski definition) is 3. The lowest BCUT2D eigenvalue weighted by Crippen LogP contribution is -2.40. The Morgan fingerprint density at radius 1 is 1.73 bits per heavy atom. The molecule has 0 aromatic rings. The van der Waals surface area contributed by atoms with Crippen LogP contribution in [-0.2, 0) is 9.53 Å². The van der Waals surface area contributed by atoms with Crippen LogP contribution in [0.4, 0.5) is 0 Å². The van der Waals surface area contributed by atoms with Crippen molar-refractivity contribution in [1.29, 1.82) is 0 Å². The molecule has 15 heavy (non-hydrogen) atoms. The van der Waals surface area contributed by atoms with Crippen molar-refractivity contribution in [3.8, 4) is 0 Å². The number of aliphatic hydroxyl groups excluding tert-OH is 1. The first-order valence-electron chi connectivity index (χ1n) is 5.32. The summed E-state index contributed by atoms with van der Waals surface area (Å²) in [6, 6.07) is 0. The van der Waals surface area contributed by atoms with E-state index in [4.69, 9.17) is 9.84 Å². The molecule has 4 heteroatoms. The van der Waals surface area contributed by atoms with E-state index in [2.05, 4.69) is 6.58 Å². The molecule has 1 aliphatic rings. The smallest absolute Gasteiger partial charge is 0.228 e. The van der Waals surface area contributed by atoms with E-state index in [0.29, 0.717) is 19.7 Å². The third kappa shape index (κ3) is 3.04. The number of aliphatic hydroxyl groups is 1. The minimum atomic E-state index is -0.0588. The number of amides is 1. The second-order valence-electron chi connectivity index (χ2n) is 3.77. The van der Waals surface area contributed by atoms with Crippen LogP contribution in [0.2, 0.25) is 0 Å². The van der Waals surface area contributed by atoms with Crippen LogP contribution in [0.25, 0.3) is 0 Å². The van der Waals surface area contributed by atoms with Crippen LogP contribution in [0.1, 0.15) is 13.3 Å². The quantitative estimate of drug-likeness (QED) is 0.673. The van der Waals surface area contributed by atoms with Crippen molar-refractivity contribution in [1.82, 2.24) is 4.90 Å². The summed E-state index contributed by atoms with van der Waals surface area (Å²) in [5, 5.41) is 8.86. The molecule has 1 saturated heterocycles. The highest BCUT2D eigenvalue weighted by molar-refractivity contribution is 5.79. The van der Waals surface area contributed by atoms with Gasteiger partial charge in [0, 0.05) is 19.7 Å². The van der Waals surface area contributed by atoms with Gasteiger partial charge in [0.25, 0.3) is 0 Å². The Balaban J connectivity index is 2.57. The van der Waals surface area contributed by atoms with Crippen molar-refractivity contribution in [2.75, 3.05) is 26.3 Å². The molecule has 1 amide bonds. The summed E-state index contributed by atoms with van der Waals surface area (Å²) in [6.45, 7) is 7.02. The summed E-state index contributed by atoms with van der Waals surface area (Å²) < 4.78 is 5.36. The normalized spacial score (nSPS) is 25.2. The summed E-state index contributed by atoms with van der Waals surface area (Å²) >= 11 is 0. The Kier molecular flexibility index (Phi) is 4.78. The maximum absolute atomic E-state index is 12.0. The maximum Gasteiger partial charge on any atom is 0.228 e. The summed E-state index contributed by atoms with van der Waals surface area (Å²) in [7, 11) is 0. The summed E-state index contributed by atoms with van der Waals surface area (Å²) in [4.78, 5) is 13.7. The lowest BCUT2D eigenvalue weighted by Gasteiger charge is -2.24. The largest absolute Gasteiger partial charge is 0.395 e. The van der Waals surface area contributed by atoms with Crippen molar-refractivity contribution >= 4 is 5.91 Å². The van der Waals surface area contributed by atoms with Gasteiger partial charge in [-0.15, -0.1) is 6.58 Å². The molecule has 0 bridgehead atoms. The number of hydrogen-bond donors (Lipinski definition) is 1. The molecule has 0 aliphatic carbocycles. The van der Waals surface area contributed by atoms with Crippen LogP contribution in [0, 0.1) is 5.92 Å². The number of rotatable bonds is 5. The molecule has 0 aromatic heterocycles. The van der Waals surface area contributed by atoms with E-state index >= 15 is 0 Å². The molecule has 4 nitrogen and oxygen atoms in total. The Morgan fingerprint density at radius 3 is 2.93 bits per heavy atom.